The Morgan fingerprint density at radius 2 is 2.00 bits per heavy atom. The summed E-state index contributed by atoms with van der Waals surface area (Å²) in [6, 6.07) is 5.85. The summed E-state index contributed by atoms with van der Waals surface area (Å²) < 4.78 is 22.7. The molecule has 8 nitrogen and oxygen atoms in total. The van der Waals surface area contributed by atoms with Crippen molar-refractivity contribution < 1.29 is 18.9 Å². The van der Waals surface area contributed by atoms with E-state index in [9.17, 15) is 4.79 Å². The lowest BCUT2D eigenvalue weighted by atomic mass is 9.90. The number of aromatic amines is 1. The summed E-state index contributed by atoms with van der Waals surface area (Å²) in [6.45, 7) is 5.95. The number of hydrogen-bond acceptors (Lipinski definition) is 7. The van der Waals surface area contributed by atoms with Crippen LogP contribution >= 0.6 is 0 Å². The van der Waals surface area contributed by atoms with Gasteiger partial charge >= 0.3 is 0 Å². The lowest BCUT2D eigenvalue weighted by molar-refractivity contribution is -0.228. The molecule has 160 valence electrons. The van der Waals surface area contributed by atoms with Crippen LogP contribution in [-0.4, -0.2) is 67.3 Å². The van der Waals surface area contributed by atoms with Gasteiger partial charge < -0.3 is 28.8 Å². The van der Waals surface area contributed by atoms with Crippen LogP contribution in [0.1, 0.15) is 19.8 Å². The molecule has 3 aliphatic heterocycles. The third-order valence-electron chi connectivity index (χ3n) is 6.36. The molecule has 5 rings (SSSR count). The smallest absolute Gasteiger partial charge is 0.271 e. The molecule has 0 saturated carbocycles. The monoisotopic (exact) mass is 413 g/mol. The number of anilines is 1. The number of ether oxygens (including phenoxy) is 4. The van der Waals surface area contributed by atoms with Crippen LogP contribution in [0.15, 0.2) is 35.4 Å². The summed E-state index contributed by atoms with van der Waals surface area (Å²) in [6.07, 6.45) is 5.45. The molecule has 2 aromatic heterocycles. The summed E-state index contributed by atoms with van der Waals surface area (Å²) in [5.74, 6) is 0.615. The fourth-order valence-corrected chi connectivity index (χ4v) is 4.34. The van der Waals surface area contributed by atoms with Crippen molar-refractivity contribution in [3.63, 3.8) is 0 Å². The standard InChI is InChI=1S/C22H27N3O5/c1-15-22(13-28-14-22)29-9-6-25(15)19-10-17(12-24-21(19)26)16-2-3-20(23-11-16)30-18-4-7-27-8-5-18/h2-3,10-12,15,18H,4-9,13-14H2,1H3,(H,24,26). The van der Waals surface area contributed by atoms with Gasteiger partial charge in [0.2, 0.25) is 5.88 Å². The van der Waals surface area contributed by atoms with Crippen LogP contribution in [0.3, 0.4) is 0 Å². The van der Waals surface area contributed by atoms with Crippen molar-refractivity contribution in [2.75, 3.05) is 44.5 Å². The van der Waals surface area contributed by atoms with Gasteiger partial charge in [-0.3, -0.25) is 4.79 Å². The molecular formula is C22H27N3O5. The Labute approximate surface area is 175 Å². The van der Waals surface area contributed by atoms with E-state index in [1.54, 1.807) is 12.4 Å². The maximum Gasteiger partial charge on any atom is 0.271 e. The molecule has 3 fully saturated rings. The molecule has 1 unspecified atom stereocenters. The molecule has 3 saturated heterocycles. The quantitative estimate of drug-likeness (QED) is 0.820. The molecule has 0 aromatic carbocycles. The molecule has 30 heavy (non-hydrogen) atoms. The number of aromatic nitrogens is 2. The van der Waals surface area contributed by atoms with E-state index >= 15 is 0 Å². The van der Waals surface area contributed by atoms with Crippen molar-refractivity contribution in [1.82, 2.24) is 9.97 Å². The molecule has 5 heterocycles. The van der Waals surface area contributed by atoms with Crippen molar-refractivity contribution in [3.8, 4) is 17.0 Å². The number of nitrogens with zero attached hydrogens (tertiary/aromatic N) is 2. The second-order valence-electron chi connectivity index (χ2n) is 8.19. The van der Waals surface area contributed by atoms with E-state index in [-0.39, 0.29) is 23.3 Å². The van der Waals surface area contributed by atoms with Crippen LogP contribution in [0.5, 0.6) is 5.88 Å². The van der Waals surface area contributed by atoms with Crippen LogP contribution in [0.2, 0.25) is 0 Å². The molecule has 0 amide bonds. The fourth-order valence-electron chi connectivity index (χ4n) is 4.34. The van der Waals surface area contributed by atoms with Crippen LogP contribution in [0, 0.1) is 0 Å². The molecule has 1 atom stereocenters. The Kier molecular flexibility index (Phi) is 5.22. The molecular weight excluding hydrogens is 386 g/mol. The summed E-state index contributed by atoms with van der Waals surface area (Å²) in [7, 11) is 0. The summed E-state index contributed by atoms with van der Waals surface area (Å²) in [5.41, 5.74) is 2.07. The SMILES string of the molecule is CC1N(c2cc(-c3ccc(OC4CCOCC4)nc3)c[nH]c2=O)CCOC12COC2. The summed E-state index contributed by atoms with van der Waals surface area (Å²) in [4.78, 5) is 22.1. The number of nitrogens with one attached hydrogen (secondary N) is 1. The average Bonchev–Trinajstić information content (AvgIpc) is 2.75. The van der Waals surface area contributed by atoms with Crippen molar-refractivity contribution in [3.05, 3.63) is 40.9 Å². The number of pyridine rings is 2. The van der Waals surface area contributed by atoms with Crippen LogP contribution in [-0.2, 0) is 14.2 Å². The van der Waals surface area contributed by atoms with Crippen LogP contribution in [0.4, 0.5) is 5.69 Å². The fraction of sp³-hybridized carbons (Fsp3) is 0.545. The maximum atomic E-state index is 12.6. The predicted octanol–water partition coefficient (Wildman–Crippen LogP) is 1.99. The van der Waals surface area contributed by atoms with E-state index in [0.717, 1.165) is 37.2 Å². The average molecular weight is 413 g/mol. The topological polar surface area (TPSA) is 85.9 Å². The van der Waals surface area contributed by atoms with Gasteiger partial charge in [-0.2, -0.15) is 0 Å². The Hall–Kier alpha value is -2.42. The second-order valence-corrected chi connectivity index (χ2v) is 8.19. The molecule has 0 radical (unpaired) electrons. The highest BCUT2D eigenvalue weighted by molar-refractivity contribution is 5.67. The van der Waals surface area contributed by atoms with E-state index < -0.39 is 0 Å². The van der Waals surface area contributed by atoms with Crippen LogP contribution < -0.4 is 15.2 Å². The van der Waals surface area contributed by atoms with Gasteiger partial charge in [0.15, 0.2) is 0 Å². The van der Waals surface area contributed by atoms with Crippen molar-refractivity contribution >= 4 is 5.69 Å². The Morgan fingerprint density at radius 3 is 2.70 bits per heavy atom. The minimum Gasteiger partial charge on any atom is -0.474 e. The zero-order valence-corrected chi connectivity index (χ0v) is 17.1. The van der Waals surface area contributed by atoms with Crippen molar-refractivity contribution in [1.29, 1.82) is 0 Å². The second kappa shape index (κ2) is 8.02. The third-order valence-corrected chi connectivity index (χ3v) is 6.36. The van der Waals surface area contributed by atoms with Gasteiger partial charge in [0.05, 0.1) is 39.1 Å². The Morgan fingerprint density at radius 1 is 1.17 bits per heavy atom. The Balaban J connectivity index is 1.36. The summed E-state index contributed by atoms with van der Waals surface area (Å²) in [5, 5.41) is 0. The van der Waals surface area contributed by atoms with E-state index in [1.807, 2.05) is 18.2 Å². The molecule has 1 spiro atoms. The van der Waals surface area contributed by atoms with E-state index in [2.05, 4.69) is 21.8 Å². The Bertz CT molecular complexity index is 935. The van der Waals surface area contributed by atoms with Gasteiger partial charge in [-0.15, -0.1) is 0 Å². The minimum atomic E-state index is -0.314. The first-order valence-corrected chi connectivity index (χ1v) is 10.6. The van der Waals surface area contributed by atoms with Gasteiger partial charge in [-0.25, -0.2) is 4.98 Å². The maximum absolute atomic E-state index is 12.6. The van der Waals surface area contributed by atoms with E-state index in [1.165, 1.54) is 0 Å². The van der Waals surface area contributed by atoms with Crippen molar-refractivity contribution in [2.24, 2.45) is 0 Å². The lowest BCUT2D eigenvalue weighted by Gasteiger charge is -2.53. The number of hydrogen-bond donors (Lipinski definition) is 1. The molecule has 2 aromatic rings. The highest BCUT2D eigenvalue weighted by atomic mass is 16.6. The molecule has 0 bridgehead atoms. The highest BCUT2D eigenvalue weighted by Gasteiger charge is 2.50. The first-order chi connectivity index (χ1) is 14.6. The number of rotatable bonds is 4. The lowest BCUT2D eigenvalue weighted by Crippen LogP contribution is -2.68. The number of morpholine rings is 1. The van der Waals surface area contributed by atoms with E-state index in [0.29, 0.717) is 37.9 Å². The van der Waals surface area contributed by atoms with Gasteiger partial charge in [0, 0.05) is 49.0 Å². The van der Waals surface area contributed by atoms with E-state index in [4.69, 9.17) is 18.9 Å². The number of H-pyrrole nitrogens is 1. The first-order valence-electron chi connectivity index (χ1n) is 10.6. The van der Waals surface area contributed by atoms with Gasteiger partial charge in [0.1, 0.15) is 17.4 Å². The van der Waals surface area contributed by atoms with Gasteiger partial charge in [-0.1, -0.05) is 0 Å². The normalized spacial score (nSPS) is 23.9. The zero-order valence-electron chi connectivity index (χ0n) is 17.1. The minimum absolute atomic E-state index is 0.0599. The largest absolute Gasteiger partial charge is 0.474 e. The molecule has 3 aliphatic rings. The van der Waals surface area contributed by atoms with Gasteiger partial charge in [0.25, 0.3) is 5.56 Å². The third kappa shape index (κ3) is 3.59. The molecule has 8 heteroatoms. The highest BCUT2D eigenvalue weighted by Crippen LogP contribution is 2.34. The van der Waals surface area contributed by atoms with Gasteiger partial charge in [-0.05, 0) is 19.1 Å². The molecule has 1 N–H and O–H groups in total. The van der Waals surface area contributed by atoms with Crippen molar-refractivity contribution in [2.45, 2.75) is 37.5 Å². The predicted molar refractivity (Wildman–Crippen MR) is 111 cm³/mol. The molecule has 0 aliphatic carbocycles. The zero-order chi connectivity index (χ0) is 20.6. The summed E-state index contributed by atoms with van der Waals surface area (Å²) >= 11 is 0. The first kappa shape index (κ1) is 19.5. The van der Waals surface area contributed by atoms with Crippen LogP contribution in [0.25, 0.3) is 11.1 Å².